The molecule has 5 heteroatoms. The van der Waals surface area contributed by atoms with E-state index in [1.807, 2.05) is 19.1 Å². The van der Waals surface area contributed by atoms with Crippen LogP contribution in [0.3, 0.4) is 0 Å². The Labute approximate surface area is 133 Å². The van der Waals surface area contributed by atoms with Gasteiger partial charge in [-0.05, 0) is 31.2 Å². The lowest BCUT2D eigenvalue weighted by atomic mass is 10.2. The van der Waals surface area contributed by atoms with Crippen LogP contribution in [0.1, 0.15) is 23.2 Å². The van der Waals surface area contributed by atoms with Gasteiger partial charge >= 0.3 is 0 Å². The van der Waals surface area contributed by atoms with Gasteiger partial charge < -0.3 is 9.88 Å². The van der Waals surface area contributed by atoms with E-state index in [1.54, 1.807) is 11.3 Å². The number of aryl methyl sites for hydroxylation is 1. The lowest BCUT2D eigenvalue weighted by molar-refractivity contribution is 0.723. The Morgan fingerprint density at radius 2 is 2.24 bits per heavy atom. The van der Waals surface area contributed by atoms with Crippen molar-refractivity contribution >= 4 is 33.8 Å². The molecule has 3 nitrogen and oxygen atoms in total. The van der Waals surface area contributed by atoms with Crippen molar-refractivity contribution in [2.75, 3.05) is 6.54 Å². The molecule has 0 aliphatic carbocycles. The first-order chi connectivity index (χ1) is 10.2. The normalized spacial score (nSPS) is 11.4. The monoisotopic (exact) mass is 319 g/mol. The lowest BCUT2D eigenvalue weighted by Crippen LogP contribution is -2.11. The Balaban J connectivity index is 2.01. The number of hydrogen-bond donors (Lipinski definition) is 1. The highest BCUT2D eigenvalue weighted by molar-refractivity contribution is 7.09. The van der Waals surface area contributed by atoms with E-state index in [1.165, 1.54) is 16.5 Å². The Kier molecular flexibility index (Phi) is 4.29. The number of thiazole rings is 1. The number of benzene rings is 1. The van der Waals surface area contributed by atoms with E-state index in [2.05, 4.69) is 39.4 Å². The highest BCUT2D eigenvalue weighted by atomic mass is 35.5. The lowest BCUT2D eigenvalue weighted by Gasteiger charge is -2.03. The van der Waals surface area contributed by atoms with Gasteiger partial charge in [-0.25, -0.2) is 4.98 Å². The summed E-state index contributed by atoms with van der Waals surface area (Å²) >= 11 is 7.86. The molecule has 2 aromatic heterocycles. The zero-order valence-corrected chi connectivity index (χ0v) is 13.8. The summed E-state index contributed by atoms with van der Waals surface area (Å²) in [5.74, 6) is 0. The number of rotatable bonds is 5. The number of halogens is 1. The summed E-state index contributed by atoms with van der Waals surface area (Å²) in [5.41, 5.74) is 3.57. The number of aromatic nitrogens is 2. The minimum atomic E-state index is 0.770. The van der Waals surface area contributed by atoms with Crippen LogP contribution in [-0.2, 0) is 13.1 Å². The predicted octanol–water partition coefficient (Wildman–Crippen LogP) is 4.22. The van der Waals surface area contributed by atoms with E-state index in [9.17, 15) is 0 Å². The van der Waals surface area contributed by atoms with E-state index in [0.717, 1.165) is 35.4 Å². The maximum Gasteiger partial charge on any atom is 0.0898 e. The topological polar surface area (TPSA) is 29.9 Å². The molecule has 0 spiro atoms. The fourth-order valence-electron chi connectivity index (χ4n) is 2.53. The molecule has 0 fully saturated rings. The molecule has 0 aliphatic heterocycles. The molecule has 3 rings (SSSR count). The zero-order chi connectivity index (χ0) is 14.8. The average Bonchev–Trinajstić information content (AvgIpc) is 3.01. The summed E-state index contributed by atoms with van der Waals surface area (Å²) in [6.07, 6.45) is 2.21. The second kappa shape index (κ2) is 6.18. The van der Waals surface area contributed by atoms with Gasteiger partial charge in [-0.2, -0.15) is 0 Å². The first-order valence-electron chi connectivity index (χ1n) is 7.06. The van der Waals surface area contributed by atoms with Gasteiger partial charge in [-0.15, -0.1) is 11.3 Å². The van der Waals surface area contributed by atoms with Gasteiger partial charge in [0.1, 0.15) is 0 Å². The van der Waals surface area contributed by atoms with Crippen molar-refractivity contribution in [1.82, 2.24) is 14.9 Å². The van der Waals surface area contributed by atoms with Crippen LogP contribution in [-0.4, -0.2) is 16.1 Å². The van der Waals surface area contributed by atoms with Crippen LogP contribution in [0.2, 0.25) is 5.02 Å². The molecular weight excluding hydrogens is 302 g/mol. The van der Waals surface area contributed by atoms with Crippen molar-refractivity contribution in [3.63, 3.8) is 0 Å². The Bertz CT molecular complexity index is 760. The van der Waals surface area contributed by atoms with Crippen LogP contribution in [0.4, 0.5) is 0 Å². The maximum atomic E-state index is 6.17. The van der Waals surface area contributed by atoms with E-state index in [0.29, 0.717) is 0 Å². The molecule has 2 heterocycles. The van der Waals surface area contributed by atoms with Gasteiger partial charge in [0, 0.05) is 28.5 Å². The average molecular weight is 320 g/mol. The Hall–Kier alpha value is -1.36. The molecule has 0 atom stereocenters. The van der Waals surface area contributed by atoms with Crippen LogP contribution >= 0.6 is 22.9 Å². The van der Waals surface area contributed by atoms with Gasteiger partial charge in [-0.1, -0.05) is 24.6 Å². The fraction of sp³-hybridized carbons (Fsp3) is 0.312. The quantitative estimate of drug-likeness (QED) is 0.763. The van der Waals surface area contributed by atoms with Crippen LogP contribution in [0.25, 0.3) is 10.9 Å². The molecule has 0 bridgehead atoms. The van der Waals surface area contributed by atoms with Gasteiger partial charge in [-0.3, -0.25) is 0 Å². The Morgan fingerprint density at radius 1 is 1.38 bits per heavy atom. The third kappa shape index (κ3) is 3.12. The third-order valence-corrected chi connectivity index (χ3v) is 4.55. The molecule has 0 radical (unpaired) electrons. The fourth-order valence-corrected chi connectivity index (χ4v) is 3.30. The molecule has 0 saturated carbocycles. The smallest absolute Gasteiger partial charge is 0.0898 e. The largest absolute Gasteiger partial charge is 0.341 e. The van der Waals surface area contributed by atoms with Gasteiger partial charge in [0.05, 0.1) is 22.8 Å². The van der Waals surface area contributed by atoms with Crippen molar-refractivity contribution < 1.29 is 0 Å². The standard InChI is InChI=1S/C16H18ClN3S/c1-3-18-7-12-8-20(9-14-10-21-11(2)19-14)16-6-13(17)4-5-15(12)16/h4-6,8,10,18H,3,7,9H2,1-2H3. The van der Waals surface area contributed by atoms with Crippen molar-refractivity contribution in [1.29, 1.82) is 0 Å². The maximum absolute atomic E-state index is 6.17. The highest BCUT2D eigenvalue weighted by Crippen LogP contribution is 2.26. The van der Waals surface area contributed by atoms with Crippen molar-refractivity contribution in [3.8, 4) is 0 Å². The predicted molar refractivity (Wildman–Crippen MR) is 90.3 cm³/mol. The number of fused-ring (bicyclic) bond motifs is 1. The number of nitrogens with one attached hydrogen (secondary N) is 1. The minimum Gasteiger partial charge on any atom is -0.341 e. The van der Waals surface area contributed by atoms with E-state index < -0.39 is 0 Å². The van der Waals surface area contributed by atoms with E-state index >= 15 is 0 Å². The molecule has 0 amide bonds. The van der Waals surface area contributed by atoms with Crippen molar-refractivity contribution in [3.05, 3.63) is 51.1 Å². The summed E-state index contributed by atoms with van der Waals surface area (Å²) < 4.78 is 2.24. The Morgan fingerprint density at radius 3 is 2.95 bits per heavy atom. The first kappa shape index (κ1) is 14.6. The molecule has 1 aromatic carbocycles. The van der Waals surface area contributed by atoms with Crippen LogP contribution in [0.5, 0.6) is 0 Å². The SMILES string of the molecule is CCNCc1cn(Cc2csc(C)n2)c2cc(Cl)ccc12. The molecule has 0 aliphatic rings. The molecule has 0 saturated heterocycles. The second-order valence-electron chi connectivity index (χ2n) is 5.08. The number of hydrogen-bond acceptors (Lipinski definition) is 3. The summed E-state index contributed by atoms with van der Waals surface area (Å²) in [6.45, 7) is 6.78. The van der Waals surface area contributed by atoms with E-state index in [-0.39, 0.29) is 0 Å². The van der Waals surface area contributed by atoms with Gasteiger partial charge in [0.25, 0.3) is 0 Å². The molecule has 1 N–H and O–H groups in total. The van der Waals surface area contributed by atoms with Crippen LogP contribution in [0, 0.1) is 6.92 Å². The summed E-state index contributed by atoms with van der Waals surface area (Å²) in [4.78, 5) is 4.56. The van der Waals surface area contributed by atoms with Crippen molar-refractivity contribution in [2.45, 2.75) is 26.9 Å². The second-order valence-corrected chi connectivity index (χ2v) is 6.58. The van der Waals surface area contributed by atoms with Gasteiger partial charge in [0.2, 0.25) is 0 Å². The van der Waals surface area contributed by atoms with Crippen LogP contribution < -0.4 is 5.32 Å². The molecule has 110 valence electrons. The molecule has 3 aromatic rings. The number of nitrogens with zero attached hydrogens (tertiary/aromatic N) is 2. The first-order valence-corrected chi connectivity index (χ1v) is 8.32. The van der Waals surface area contributed by atoms with E-state index in [4.69, 9.17) is 11.6 Å². The van der Waals surface area contributed by atoms with Crippen molar-refractivity contribution in [2.24, 2.45) is 0 Å². The summed E-state index contributed by atoms with van der Waals surface area (Å²) in [6, 6.07) is 6.09. The van der Waals surface area contributed by atoms with Crippen LogP contribution in [0.15, 0.2) is 29.8 Å². The highest BCUT2D eigenvalue weighted by Gasteiger charge is 2.10. The zero-order valence-electron chi connectivity index (χ0n) is 12.2. The van der Waals surface area contributed by atoms with Gasteiger partial charge in [0.15, 0.2) is 0 Å². The summed E-state index contributed by atoms with van der Waals surface area (Å²) in [7, 11) is 0. The minimum absolute atomic E-state index is 0.770. The molecule has 21 heavy (non-hydrogen) atoms. The molecule has 0 unspecified atom stereocenters. The third-order valence-electron chi connectivity index (χ3n) is 3.49. The summed E-state index contributed by atoms with van der Waals surface area (Å²) in [5, 5.41) is 8.64. The molecular formula is C16H18ClN3S.